The average Bonchev–Trinajstić information content (AvgIpc) is 2.90. The van der Waals surface area contributed by atoms with E-state index in [1.807, 2.05) is 12.1 Å². The molecular formula is C31H24OSi. The van der Waals surface area contributed by atoms with Gasteiger partial charge in [-0.2, -0.15) is 0 Å². The molecule has 2 heteroatoms. The molecule has 5 rings (SSSR count). The first-order chi connectivity index (χ1) is 16.3. The highest BCUT2D eigenvalue weighted by molar-refractivity contribution is 7.16. The molecule has 0 heterocycles. The molecular weight excluding hydrogens is 416 g/mol. The normalized spacial score (nSPS) is 10.9. The number of ether oxygens (including phenoxy) is 1. The second-order valence-corrected chi connectivity index (χ2v) is 11.4. The van der Waals surface area contributed by atoms with Gasteiger partial charge in [0.25, 0.3) is 0 Å². The minimum atomic E-state index is -2.62. The zero-order valence-electron chi connectivity index (χ0n) is 18.5. The lowest BCUT2D eigenvalue weighted by atomic mass is 10.0. The lowest BCUT2D eigenvalue weighted by Crippen LogP contribution is -2.66. The molecule has 0 fully saturated rings. The molecule has 0 atom stereocenters. The van der Waals surface area contributed by atoms with Gasteiger partial charge in [-0.15, -0.1) is 5.54 Å². The molecule has 33 heavy (non-hydrogen) atoms. The zero-order valence-corrected chi connectivity index (χ0v) is 19.5. The van der Waals surface area contributed by atoms with Gasteiger partial charge in [-0.1, -0.05) is 121 Å². The fourth-order valence-corrected chi connectivity index (χ4v) is 8.36. The Bertz CT molecular complexity index is 1330. The predicted octanol–water partition coefficient (Wildman–Crippen LogP) is 4.91. The Hall–Kier alpha value is -4.06. The summed E-state index contributed by atoms with van der Waals surface area (Å²) in [5.74, 6) is 4.48. The van der Waals surface area contributed by atoms with Crippen molar-refractivity contribution in [3.05, 3.63) is 133 Å². The van der Waals surface area contributed by atoms with Crippen LogP contribution in [0.3, 0.4) is 0 Å². The summed E-state index contributed by atoms with van der Waals surface area (Å²) in [6.07, 6.45) is 0. The number of benzene rings is 5. The van der Waals surface area contributed by atoms with E-state index in [0.717, 1.165) is 22.1 Å². The van der Waals surface area contributed by atoms with Crippen LogP contribution in [0.25, 0.3) is 10.8 Å². The molecule has 1 nitrogen and oxygen atoms in total. The standard InChI is InChI=1S/C31H24OSi/c1-32-30-22-12-15-25-13-11-14-26(31(25)30)23-24-33(27-16-5-2-6-17-27,28-18-7-3-8-19-28)29-20-9-4-10-21-29/h2-22H,1H3. The van der Waals surface area contributed by atoms with Crippen molar-refractivity contribution in [2.45, 2.75) is 0 Å². The number of hydrogen-bond donors (Lipinski definition) is 0. The second-order valence-electron chi connectivity index (χ2n) is 7.96. The first-order valence-electron chi connectivity index (χ1n) is 11.1. The molecule has 0 bridgehead atoms. The number of rotatable bonds is 4. The summed E-state index contributed by atoms with van der Waals surface area (Å²) in [7, 11) is -0.905. The van der Waals surface area contributed by atoms with Crippen LogP contribution < -0.4 is 20.3 Å². The fourth-order valence-electron chi connectivity index (χ4n) is 4.52. The van der Waals surface area contributed by atoms with Crippen LogP contribution in [0.4, 0.5) is 0 Å². The Labute approximate surface area is 196 Å². The summed E-state index contributed by atoms with van der Waals surface area (Å²) in [4.78, 5) is 0. The van der Waals surface area contributed by atoms with E-state index in [0.29, 0.717) is 0 Å². The number of methoxy groups -OCH3 is 1. The van der Waals surface area contributed by atoms with Crippen molar-refractivity contribution in [1.82, 2.24) is 0 Å². The highest BCUT2D eigenvalue weighted by Gasteiger charge is 2.38. The Morgan fingerprint density at radius 3 is 1.52 bits per heavy atom. The molecule has 0 aromatic heterocycles. The van der Waals surface area contributed by atoms with E-state index >= 15 is 0 Å². The maximum Gasteiger partial charge on any atom is 0.230 e. The summed E-state index contributed by atoms with van der Waals surface area (Å²) in [5, 5.41) is 6.03. The van der Waals surface area contributed by atoms with Crippen molar-refractivity contribution >= 4 is 34.4 Å². The lowest BCUT2D eigenvalue weighted by Gasteiger charge is -2.28. The van der Waals surface area contributed by atoms with E-state index in [2.05, 4.69) is 127 Å². The minimum Gasteiger partial charge on any atom is -0.496 e. The topological polar surface area (TPSA) is 9.23 Å². The van der Waals surface area contributed by atoms with Crippen LogP contribution in [0.15, 0.2) is 127 Å². The van der Waals surface area contributed by atoms with E-state index in [4.69, 9.17) is 4.74 Å². The SMILES string of the molecule is COc1cccc2cccc(C#C[Si](c3ccccc3)(c3ccccc3)c3ccccc3)c12. The van der Waals surface area contributed by atoms with E-state index in [1.54, 1.807) is 7.11 Å². The van der Waals surface area contributed by atoms with Crippen molar-refractivity contribution in [2.24, 2.45) is 0 Å². The van der Waals surface area contributed by atoms with Crippen molar-refractivity contribution in [2.75, 3.05) is 7.11 Å². The molecule has 0 aliphatic carbocycles. The first kappa shape index (κ1) is 20.8. The summed E-state index contributed by atoms with van der Waals surface area (Å²) in [5.41, 5.74) is 4.87. The molecule has 0 radical (unpaired) electrons. The van der Waals surface area contributed by atoms with Crippen LogP contribution in [0.1, 0.15) is 5.56 Å². The first-order valence-corrected chi connectivity index (χ1v) is 13.1. The Kier molecular flexibility index (Phi) is 5.80. The van der Waals surface area contributed by atoms with Crippen LogP contribution >= 0.6 is 0 Å². The molecule has 0 saturated carbocycles. The second kappa shape index (κ2) is 9.20. The van der Waals surface area contributed by atoms with Crippen LogP contribution in [-0.4, -0.2) is 15.2 Å². The third kappa shape index (κ3) is 3.84. The molecule has 0 saturated heterocycles. The van der Waals surface area contributed by atoms with E-state index in [-0.39, 0.29) is 0 Å². The van der Waals surface area contributed by atoms with E-state index in [9.17, 15) is 0 Å². The predicted molar refractivity (Wildman–Crippen MR) is 141 cm³/mol. The molecule has 5 aromatic rings. The molecule has 0 N–H and O–H groups in total. The smallest absolute Gasteiger partial charge is 0.230 e. The molecule has 0 amide bonds. The molecule has 0 aliphatic rings. The van der Waals surface area contributed by atoms with Crippen molar-refractivity contribution in [3.8, 4) is 17.2 Å². The largest absolute Gasteiger partial charge is 0.496 e. The molecule has 0 spiro atoms. The number of fused-ring (bicyclic) bond motifs is 1. The monoisotopic (exact) mass is 440 g/mol. The number of hydrogen-bond acceptors (Lipinski definition) is 1. The highest BCUT2D eigenvalue weighted by Crippen LogP contribution is 2.28. The van der Waals surface area contributed by atoms with Gasteiger partial charge in [0.05, 0.1) is 7.11 Å². The summed E-state index contributed by atoms with van der Waals surface area (Å²) >= 11 is 0. The molecule has 158 valence electrons. The Morgan fingerprint density at radius 2 is 1.03 bits per heavy atom. The van der Waals surface area contributed by atoms with Crippen molar-refractivity contribution < 1.29 is 4.74 Å². The van der Waals surface area contributed by atoms with Crippen molar-refractivity contribution in [1.29, 1.82) is 0 Å². The highest BCUT2D eigenvalue weighted by atomic mass is 28.3. The van der Waals surface area contributed by atoms with Gasteiger partial charge >= 0.3 is 0 Å². The minimum absolute atomic E-state index is 0.851. The van der Waals surface area contributed by atoms with Crippen LogP contribution in [0, 0.1) is 11.5 Å². The Balaban J connectivity index is 1.84. The van der Waals surface area contributed by atoms with E-state index in [1.165, 1.54) is 15.6 Å². The van der Waals surface area contributed by atoms with Gasteiger partial charge in [0, 0.05) is 10.9 Å². The van der Waals surface area contributed by atoms with Crippen LogP contribution in [0.5, 0.6) is 5.75 Å². The average molecular weight is 441 g/mol. The van der Waals surface area contributed by atoms with Gasteiger partial charge < -0.3 is 4.74 Å². The lowest BCUT2D eigenvalue weighted by molar-refractivity contribution is 0.420. The Morgan fingerprint density at radius 1 is 0.545 bits per heavy atom. The maximum absolute atomic E-state index is 5.70. The molecule has 0 aliphatic heterocycles. The van der Waals surface area contributed by atoms with Gasteiger partial charge in [0.2, 0.25) is 8.07 Å². The van der Waals surface area contributed by atoms with Gasteiger partial charge in [-0.05, 0) is 33.1 Å². The summed E-state index contributed by atoms with van der Waals surface area (Å²) < 4.78 is 5.70. The quantitative estimate of drug-likeness (QED) is 0.219. The molecule has 0 unspecified atom stereocenters. The van der Waals surface area contributed by atoms with Gasteiger partial charge in [-0.25, -0.2) is 0 Å². The van der Waals surface area contributed by atoms with Gasteiger partial charge in [-0.3, -0.25) is 0 Å². The van der Waals surface area contributed by atoms with Gasteiger partial charge in [0.1, 0.15) is 5.75 Å². The zero-order chi connectivity index (χ0) is 22.5. The van der Waals surface area contributed by atoms with Gasteiger partial charge in [0.15, 0.2) is 0 Å². The fraction of sp³-hybridized carbons (Fsp3) is 0.0323. The third-order valence-electron chi connectivity index (χ3n) is 6.09. The van der Waals surface area contributed by atoms with Crippen LogP contribution in [-0.2, 0) is 0 Å². The van der Waals surface area contributed by atoms with Crippen LogP contribution in [0.2, 0.25) is 0 Å². The third-order valence-corrected chi connectivity index (χ3v) is 10.2. The van der Waals surface area contributed by atoms with Crippen molar-refractivity contribution in [3.63, 3.8) is 0 Å². The summed E-state index contributed by atoms with van der Waals surface area (Å²) in [6.45, 7) is 0. The molecule has 5 aromatic carbocycles. The van der Waals surface area contributed by atoms with E-state index < -0.39 is 8.07 Å². The summed E-state index contributed by atoms with van der Waals surface area (Å²) in [6, 6.07) is 44.7. The maximum atomic E-state index is 5.70.